The highest BCUT2D eigenvalue weighted by atomic mass is 15.1. The molecule has 0 spiro atoms. The van der Waals surface area contributed by atoms with Gasteiger partial charge in [-0.15, -0.1) is 0 Å². The van der Waals surface area contributed by atoms with E-state index in [0.29, 0.717) is 11.5 Å². The number of hydrogen-bond donors (Lipinski definition) is 1. The summed E-state index contributed by atoms with van der Waals surface area (Å²) < 4.78 is 0. The van der Waals surface area contributed by atoms with E-state index in [4.69, 9.17) is 0 Å². The van der Waals surface area contributed by atoms with Crippen molar-refractivity contribution >= 4 is 0 Å². The summed E-state index contributed by atoms with van der Waals surface area (Å²) in [6, 6.07) is 3.84. The predicted molar refractivity (Wildman–Crippen MR) is 88.1 cm³/mol. The Morgan fingerprint density at radius 2 is 1.86 bits per heavy atom. The second-order valence-electron chi connectivity index (χ2n) is 8.34. The van der Waals surface area contributed by atoms with E-state index in [1.807, 2.05) is 0 Å². The third kappa shape index (κ3) is 5.27. The third-order valence-electron chi connectivity index (χ3n) is 5.47. The van der Waals surface area contributed by atoms with Crippen molar-refractivity contribution in [2.24, 2.45) is 5.41 Å². The molecule has 1 N–H and O–H groups in total. The minimum Gasteiger partial charge on any atom is -0.303 e. The van der Waals surface area contributed by atoms with Gasteiger partial charge in [0.2, 0.25) is 0 Å². The number of rotatable bonds is 7. The summed E-state index contributed by atoms with van der Waals surface area (Å²) in [5.41, 5.74) is 0.224. The second kappa shape index (κ2) is 6.67. The molecule has 2 rings (SSSR count). The maximum atomic E-state index is 9.41. The van der Waals surface area contributed by atoms with E-state index in [1.54, 1.807) is 0 Å². The molecule has 0 heterocycles. The molecule has 0 aromatic rings. The zero-order valence-electron chi connectivity index (χ0n) is 14.4. The Morgan fingerprint density at radius 1 is 1.24 bits per heavy atom. The van der Waals surface area contributed by atoms with Crippen LogP contribution in [0.15, 0.2) is 0 Å². The van der Waals surface area contributed by atoms with Gasteiger partial charge in [0.05, 0.1) is 6.07 Å². The Kier molecular flexibility index (Phi) is 5.33. The van der Waals surface area contributed by atoms with Crippen LogP contribution in [0.1, 0.15) is 72.1 Å². The molecule has 1 unspecified atom stereocenters. The number of nitrogens with zero attached hydrogens (tertiary/aromatic N) is 2. The van der Waals surface area contributed by atoms with Crippen LogP contribution < -0.4 is 5.32 Å². The van der Waals surface area contributed by atoms with E-state index in [1.165, 1.54) is 38.5 Å². The molecule has 0 radical (unpaired) electrons. The summed E-state index contributed by atoms with van der Waals surface area (Å²) in [5.74, 6) is 0. The summed E-state index contributed by atoms with van der Waals surface area (Å²) in [4.78, 5) is 2.53. The number of hydrogen-bond acceptors (Lipinski definition) is 3. The Balaban J connectivity index is 1.69. The standard InChI is InChI=1S/C18H33N3/c1-17(2)11-8-16(9-12-17)21(4)13-5-10-18(3,14-19)20-15-6-7-15/h15-16,20H,5-13H2,1-4H3. The lowest BCUT2D eigenvalue weighted by Gasteiger charge is -2.39. The molecular weight excluding hydrogens is 258 g/mol. The van der Waals surface area contributed by atoms with E-state index in [0.717, 1.165) is 25.4 Å². The summed E-state index contributed by atoms with van der Waals surface area (Å²) in [5, 5.41) is 12.9. The van der Waals surface area contributed by atoms with Crippen LogP contribution in [0.4, 0.5) is 0 Å². The lowest BCUT2D eigenvalue weighted by Crippen LogP contribution is -2.43. The van der Waals surface area contributed by atoms with Crippen molar-refractivity contribution in [3.63, 3.8) is 0 Å². The van der Waals surface area contributed by atoms with Crippen molar-refractivity contribution in [2.45, 2.75) is 89.8 Å². The van der Waals surface area contributed by atoms with E-state index in [-0.39, 0.29) is 5.54 Å². The molecule has 120 valence electrons. The van der Waals surface area contributed by atoms with Gasteiger partial charge in [-0.2, -0.15) is 5.26 Å². The van der Waals surface area contributed by atoms with Gasteiger partial charge in [-0.1, -0.05) is 13.8 Å². The fourth-order valence-electron chi connectivity index (χ4n) is 3.53. The molecule has 2 aliphatic carbocycles. The average Bonchev–Trinajstić information content (AvgIpc) is 3.22. The number of nitriles is 1. The quantitative estimate of drug-likeness (QED) is 0.777. The molecule has 2 saturated carbocycles. The first-order chi connectivity index (χ1) is 9.84. The fourth-order valence-corrected chi connectivity index (χ4v) is 3.53. The first kappa shape index (κ1) is 16.8. The maximum Gasteiger partial charge on any atom is 0.104 e. The first-order valence-electron chi connectivity index (χ1n) is 8.73. The Morgan fingerprint density at radius 3 is 2.38 bits per heavy atom. The summed E-state index contributed by atoms with van der Waals surface area (Å²) in [6.07, 6.45) is 9.92. The summed E-state index contributed by atoms with van der Waals surface area (Å²) >= 11 is 0. The monoisotopic (exact) mass is 291 g/mol. The van der Waals surface area contributed by atoms with Crippen LogP contribution in [0.2, 0.25) is 0 Å². The van der Waals surface area contributed by atoms with Crippen molar-refractivity contribution < 1.29 is 0 Å². The van der Waals surface area contributed by atoms with E-state index in [2.05, 4.69) is 44.1 Å². The molecule has 0 aromatic heterocycles. The van der Waals surface area contributed by atoms with E-state index < -0.39 is 0 Å². The molecule has 3 nitrogen and oxygen atoms in total. The van der Waals surface area contributed by atoms with Gasteiger partial charge in [-0.05, 0) is 77.3 Å². The summed E-state index contributed by atoms with van der Waals surface area (Å²) in [6.45, 7) is 7.97. The first-order valence-corrected chi connectivity index (χ1v) is 8.73. The normalized spacial score (nSPS) is 25.5. The van der Waals surface area contributed by atoms with E-state index in [9.17, 15) is 5.26 Å². The van der Waals surface area contributed by atoms with Crippen LogP contribution in [0.25, 0.3) is 0 Å². The van der Waals surface area contributed by atoms with Crippen molar-refractivity contribution in [1.29, 1.82) is 5.26 Å². The van der Waals surface area contributed by atoms with Gasteiger partial charge in [0.1, 0.15) is 5.54 Å². The third-order valence-corrected chi connectivity index (χ3v) is 5.47. The van der Waals surface area contributed by atoms with Gasteiger partial charge >= 0.3 is 0 Å². The van der Waals surface area contributed by atoms with Gasteiger partial charge in [0.15, 0.2) is 0 Å². The van der Waals surface area contributed by atoms with E-state index >= 15 is 0 Å². The smallest absolute Gasteiger partial charge is 0.104 e. The minimum absolute atomic E-state index is 0.323. The van der Waals surface area contributed by atoms with Crippen LogP contribution in [-0.2, 0) is 0 Å². The highest BCUT2D eigenvalue weighted by Crippen LogP contribution is 2.36. The van der Waals surface area contributed by atoms with Crippen molar-refractivity contribution in [2.75, 3.05) is 13.6 Å². The summed E-state index contributed by atoms with van der Waals surface area (Å²) in [7, 11) is 2.26. The molecule has 0 aliphatic heterocycles. The Hall–Kier alpha value is -0.590. The van der Waals surface area contributed by atoms with Crippen LogP contribution in [-0.4, -0.2) is 36.1 Å². The average molecular weight is 291 g/mol. The van der Waals surface area contributed by atoms with Crippen molar-refractivity contribution in [3.05, 3.63) is 0 Å². The molecule has 0 saturated heterocycles. The maximum absolute atomic E-state index is 9.41. The molecule has 0 bridgehead atoms. The van der Waals surface area contributed by atoms with Gasteiger partial charge in [-0.3, -0.25) is 5.32 Å². The van der Waals surface area contributed by atoms with Crippen molar-refractivity contribution in [1.82, 2.24) is 10.2 Å². The number of nitrogens with one attached hydrogen (secondary N) is 1. The molecule has 3 heteroatoms. The predicted octanol–water partition coefficient (Wildman–Crippen LogP) is 3.70. The topological polar surface area (TPSA) is 39.1 Å². The SMILES string of the molecule is CN(CCCC(C)(C#N)NC1CC1)C1CCC(C)(C)CC1. The van der Waals surface area contributed by atoms with Crippen LogP contribution in [0.5, 0.6) is 0 Å². The molecule has 1 atom stereocenters. The second-order valence-corrected chi connectivity index (χ2v) is 8.34. The highest BCUT2D eigenvalue weighted by molar-refractivity contribution is 5.07. The van der Waals surface area contributed by atoms with Gasteiger partial charge < -0.3 is 4.90 Å². The largest absolute Gasteiger partial charge is 0.303 e. The molecule has 0 amide bonds. The van der Waals surface area contributed by atoms with Crippen molar-refractivity contribution in [3.8, 4) is 6.07 Å². The van der Waals surface area contributed by atoms with Crippen LogP contribution in [0, 0.1) is 16.7 Å². The van der Waals surface area contributed by atoms with Crippen LogP contribution >= 0.6 is 0 Å². The minimum atomic E-state index is -0.323. The molecule has 2 aliphatic rings. The lowest BCUT2D eigenvalue weighted by molar-refractivity contribution is 0.125. The zero-order chi connectivity index (χ0) is 15.5. The fraction of sp³-hybridized carbons (Fsp3) is 0.944. The molecule has 21 heavy (non-hydrogen) atoms. The molecule has 2 fully saturated rings. The van der Waals surface area contributed by atoms with Gasteiger partial charge in [-0.25, -0.2) is 0 Å². The van der Waals surface area contributed by atoms with Gasteiger partial charge in [0, 0.05) is 12.1 Å². The lowest BCUT2D eigenvalue weighted by atomic mass is 9.75. The highest BCUT2D eigenvalue weighted by Gasteiger charge is 2.32. The zero-order valence-corrected chi connectivity index (χ0v) is 14.4. The Bertz CT molecular complexity index is 370. The van der Waals surface area contributed by atoms with Gasteiger partial charge in [0.25, 0.3) is 0 Å². The molecule has 0 aromatic carbocycles. The van der Waals surface area contributed by atoms with Crippen LogP contribution in [0.3, 0.4) is 0 Å². The molecular formula is C18H33N3. The Labute approximate surface area is 131 Å².